The van der Waals surface area contributed by atoms with Crippen LogP contribution in [-0.4, -0.2) is 10.8 Å². The number of benzene rings is 1. The number of aromatic nitrogens is 1. The fraction of sp³-hybridized carbons (Fsp3) is 0.200. The Bertz CT molecular complexity index is 620. The second-order valence-corrected chi connectivity index (χ2v) is 4.83. The van der Waals surface area contributed by atoms with E-state index in [1.807, 2.05) is 13.8 Å². The maximum absolute atomic E-state index is 13.3. The third-order valence-electron chi connectivity index (χ3n) is 2.79. The molecule has 0 spiro atoms. The molecule has 4 heteroatoms. The van der Waals surface area contributed by atoms with Crippen LogP contribution >= 0.6 is 11.6 Å². The first-order chi connectivity index (χ1) is 8.97. The van der Waals surface area contributed by atoms with Crippen LogP contribution in [0.25, 0.3) is 0 Å². The first-order valence-corrected chi connectivity index (χ1v) is 6.26. The van der Waals surface area contributed by atoms with Gasteiger partial charge in [0.2, 0.25) is 0 Å². The Morgan fingerprint density at radius 2 is 1.89 bits per heavy atom. The van der Waals surface area contributed by atoms with Crippen molar-refractivity contribution < 1.29 is 9.18 Å². The van der Waals surface area contributed by atoms with Crippen molar-refractivity contribution in [1.29, 1.82) is 0 Å². The number of carbonyl (C=O) groups is 1. The van der Waals surface area contributed by atoms with Crippen LogP contribution in [0.2, 0.25) is 5.02 Å². The minimum absolute atomic E-state index is 0.0124. The summed E-state index contributed by atoms with van der Waals surface area (Å²) in [4.78, 5) is 16.4. The quantitative estimate of drug-likeness (QED) is 0.796. The Labute approximate surface area is 116 Å². The zero-order valence-corrected chi connectivity index (χ0v) is 11.5. The van der Waals surface area contributed by atoms with Crippen LogP contribution in [-0.2, 0) is 6.42 Å². The van der Waals surface area contributed by atoms with Crippen molar-refractivity contribution in [2.45, 2.75) is 20.3 Å². The van der Waals surface area contributed by atoms with Gasteiger partial charge >= 0.3 is 0 Å². The van der Waals surface area contributed by atoms with E-state index in [2.05, 4.69) is 4.98 Å². The topological polar surface area (TPSA) is 30.0 Å². The van der Waals surface area contributed by atoms with Gasteiger partial charge in [-0.3, -0.25) is 9.78 Å². The molecule has 0 atom stereocenters. The number of aryl methyl sites for hydroxylation is 2. The highest BCUT2D eigenvalue weighted by Crippen LogP contribution is 2.21. The predicted molar refractivity (Wildman–Crippen MR) is 73.2 cm³/mol. The highest BCUT2D eigenvalue weighted by molar-refractivity contribution is 6.31. The molecule has 0 amide bonds. The largest absolute Gasteiger partial charge is 0.294 e. The molecular formula is C15H13ClFNO. The van der Waals surface area contributed by atoms with Gasteiger partial charge in [0.05, 0.1) is 5.02 Å². The smallest absolute Gasteiger partial charge is 0.167 e. The molecule has 0 aliphatic carbocycles. The first kappa shape index (κ1) is 13.7. The maximum Gasteiger partial charge on any atom is 0.167 e. The third kappa shape index (κ3) is 3.18. The van der Waals surface area contributed by atoms with Crippen molar-refractivity contribution >= 4 is 17.4 Å². The summed E-state index contributed by atoms with van der Waals surface area (Å²) in [5, 5.41) is 0.0124. The molecule has 2 nitrogen and oxygen atoms in total. The number of Topliss-reactive ketones (excluding diaryl/α,β-unsaturated/α-hetero) is 1. The fourth-order valence-electron chi connectivity index (χ4n) is 1.96. The number of hydrogen-bond donors (Lipinski definition) is 0. The second-order valence-electron chi connectivity index (χ2n) is 4.45. The van der Waals surface area contributed by atoms with Gasteiger partial charge in [0.25, 0.3) is 0 Å². The molecule has 0 aliphatic heterocycles. The van der Waals surface area contributed by atoms with Gasteiger partial charge in [-0.15, -0.1) is 0 Å². The number of rotatable bonds is 3. The number of halogens is 2. The first-order valence-electron chi connectivity index (χ1n) is 5.89. The van der Waals surface area contributed by atoms with Gasteiger partial charge in [0, 0.05) is 23.4 Å². The summed E-state index contributed by atoms with van der Waals surface area (Å²) in [7, 11) is 0. The zero-order valence-electron chi connectivity index (χ0n) is 10.7. The average molecular weight is 278 g/mol. The molecule has 0 N–H and O–H groups in total. The average Bonchev–Trinajstić information content (AvgIpc) is 2.33. The summed E-state index contributed by atoms with van der Waals surface area (Å²) in [6.07, 6.45) is 0.0828. The van der Waals surface area contributed by atoms with E-state index < -0.39 is 5.82 Å². The van der Waals surface area contributed by atoms with E-state index in [4.69, 9.17) is 11.6 Å². The van der Waals surface area contributed by atoms with Crippen molar-refractivity contribution in [2.75, 3.05) is 0 Å². The normalized spacial score (nSPS) is 10.5. The van der Waals surface area contributed by atoms with Crippen LogP contribution in [0.15, 0.2) is 30.3 Å². The number of carbonyl (C=O) groups excluding carboxylic acids is 1. The number of ketones is 1. The standard InChI is InChI=1S/C15H13ClFNO/c1-9-6-12(7-10(2)18-9)14(19)8-11-4-3-5-13(17)15(11)16/h3-7H,8H2,1-2H3. The van der Waals surface area contributed by atoms with Gasteiger partial charge < -0.3 is 0 Å². The summed E-state index contributed by atoms with van der Waals surface area (Å²) in [5.74, 6) is -0.602. The summed E-state index contributed by atoms with van der Waals surface area (Å²) in [5.41, 5.74) is 2.64. The molecular weight excluding hydrogens is 265 g/mol. The van der Waals surface area contributed by atoms with E-state index in [9.17, 15) is 9.18 Å². The predicted octanol–water partition coefficient (Wildman–Crippen LogP) is 3.92. The second kappa shape index (κ2) is 5.49. The zero-order chi connectivity index (χ0) is 14.0. The van der Waals surface area contributed by atoms with Gasteiger partial charge in [0.15, 0.2) is 5.78 Å². The molecule has 19 heavy (non-hydrogen) atoms. The lowest BCUT2D eigenvalue weighted by molar-refractivity contribution is 0.0992. The number of pyridine rings is 1. The molecule has 0 radical (unpaired) electrons. The van der Waals surface area contributed by atoms with Crippen LogP contribution in [0.3, 0.4) is 0 Å². The molecule has 0 unspecified atom stereocenters. The molecule has 0 aliphatic rings. The van der Waals surface area contributed by atoms with Gasteiger partial charge in [-0.1, -0.05) is 23.7 Å². The minimum atomic E-state index is -0.506. The number of hydrogen-bond acceptors (Lipinski definition) is 2. The van der Waals surface area contributed by atoms with Crippen LogP contribution in [0.5, 0.6) is 0 Å². The molecule has 1 aromatic heterocycles. The van der Waals surface area contributed by atoms with E-state index >= 15 is 0 Å². The van der Waals surface area contributed by atoms with E-state index in [-0.39, 0.29) is 17.2 Å². The molecule has 0 bridgehead atoms. The minimum Gasteiger partial charge on any atom is -0.294 e. The van der Waals surface area contributed by atoms with Gasteiger partial charge in [0.1, 0.15) is 5.82 Å². The lowest BCUT2D eigenvalue weighted by atomic mass is 10.0. The Morgan fingerprint density at radius 1 is 1.26 bits per heavy atom. The summed E-state index contributed by atoms with van der Waals surface area (Å²) in [6, 6.07) is 7.93. The third-order valence-corrected chi connectivity index (χ3v) is 3.21. The van der Waals surface area contributed by atoms with Gasteiger partial charge in [-0.05, 0) is 37.6 Å². The van der Waals surface area contributed by atoms with Crippen molar-refractivity contribution in [3.8, 4) is 0 Å². The van der Waals surface area contributed by atoms with Gasteiger partial charge in [-0.2, -0.15) is 0 Å². The van der Waals surface area contributed by atoms with Crippen LogP contribution in [0.4, 0.5) is 4.39 Å². The number of nitrogens with zero attached hydrogens (tertiary/aromatic N) is 1. The Kier molecular flexibility index (Phi) is 3.96. The Morgan fingerprint density at radius 3 is 2.53 bits per heavy atom. The highest BCUT2D eigenvalue weighted by atomic mass is 35.5. The lowest BCUT2D eigenvalue weighted by Crippen LogP contribution is -2.06. The van der Waals surface area contributed by atoms with Crippen molar-refractivity contribution in [3.63, 3.8) is 0 Å². The summed E-state index contributed by atoms with van der Waals surface area (Å²) < 4.78 is 13.3. The van der Waals surface area contributed by atoms with Crippen LogP contribution < -0.4 is 0 Å². The van der Waals surface area contributed by atoms with Crippen molar-refractivity contribution in [2.24, 2.45) is 0 Å². The van der Waals surface area contributed by atoms with E-state index in [1.54, 1.807) is 24.3 Å². The molecule has 1 heterocycles. The maximum atomic E-state index is 13.3. The monoisotopic (exact) mass is 277 g/mol. The summed E-state index contributed by atoms with van der Waals surface area (Å²) in [6.45, 7) is 3.66. The van der Waals surface area contributed by atoms with Crippen molar-refractivity contribution in [1.82, 2.24) is 4.98 Å². The lowest BCUT2D eigenvalue weighted by Gasteiger charge is -2.06. The summed E-state index contributed by atoms with van der Waals surface area (Å²) >= 11 is 5.85. The Hall–Kier alpha value is -1.74. The molecule has 2 aromatic rings. The van der Waals surface area contributed by atoms with Crippen LogP contribution in [0, 0.1) is 19.7 Å². The molecule has 0 saturated heterocycles. The molecule has 2 rings (SSSR count). The fourth-order valence-corrected chi connectivity index (χ4v) is 2.15. The highest BCUT2D eigenvalue weighted by Gasteiger charge is 2.12. The Balaban J connectivity index is 2.28. The van der Waals surface area contributed by atoms with E-state index in [0.29, 0.717) is 11.1 Å². The molecule has 1 aromatic carbocycles. The van der Waals surface area contributed by atoms with Gasteiger partial charge in [-0.25, -0.2) is 4.39 Å². The van der Waals surface area contributed by atoms with E-state index in [1.165, 1.54) is 6.07 Å². The molecule has 0 fully saturated rings. The SMILES string of the molecule is Cc1cc(C(=O)Cc2cccc(F)c2Cl)cc(C)n1. The van der Waals surface area contributed by atoms with E-state index in [0.717, 1.165) is 11.4 Å². The van der Waals surface area contributed by atoms with Crippen LogP contribution in [0.1, 0.15) is 27.3 Å². The molecule has 0 saturated carbocycles. The molecule has 98 valence electrons. The van der Waals surface area contributed by atoms with Crippen molar-refractivity contribution in [3.05, 3.63) is 63.7 Å².